The summed E-state index contributed by atoms with van der Waals surface area (Å²) in [5, 5.41) is 6.19. The van der Waals surface area contributed by atoms with Gasteiger partial charge in [-0.2, -0.15) is 0 Å². The first-order valence-corrected chi connectivity index (χ1v) is 10.3. The molecule has 0 bridgehead atoms. The van der Waals surface area contributed by atoms with Crippen molar-refractivity contribution in [3.8, 4) is 0 Å². The van der Waals surface area contributed by atoms with Crippen LogP contribution in [0, 0.1) is 0 Å². The molecule has 0 aromatic heterocycles. The normalized spacial score (nSPS) is 15.6. The molecule has 2 amide bonds. The van der Waals surface area contributed by atoms with Crippen LogP contribution in [0.5, 0.6) is 0 Å². The van der Waals surface area contributed by atoms with E-state index in [0.717, 1.165) is 43.3 Å². The van der Waals surface area contributed by atoms with E-state index in [9.17, 15) is 9.59 Å². The molecule has 0 radical (unpaired) electrons. The summed E-state index contributed by atoms with van der Waals surface area (Å²) >= 11 is 5.95. The molecule has 2 aromatic rings. The number of anilines is 1. The number of amides is 2. The Balaban J connectivity index is 1.35. The van der Waals surface area contributed by atoms with E-state index >= 15 is 0 Å². The van der Waals surface area contributed by atoms with E-state index in [4.69, 9.17) is 11.6 Å². The molecular formula is C22H27ClN4O2. The molecule has 1 aliphatic heterocycles. The monoisotopic (exact) mass is 414 g/mol. The number of nitrogens with zero attached hydrogens (tertiary/aromatic N) is 2. The van der Waals surface area contributed by atoms with Gasteiger partial charge in [-0.3, -0.25) is 14.5 Å². The largest absolute Gasteiger partial charge is 0.369 e. The average Bonchev–Trinajstić information content (AvgIpc) is 2.75. The minimum Gasteiger partial charge on any atom is -0.369 e. The Bertz CT molecular complexity index is 805. The number of hydrogen-bond acceptors (Lipinski definition) is 4. The second-order valence-electron chi connectivity index (χ2n) is 7.17. The quantitative estimate of drug-likeness (QED) is 0.713. The van der Waals surface area contributed by atoms with E-state index in [1.54, 1.807) is 0 Å². The SMILES string of the molecule is CC(NC(=O)C(=O)NCCN1CCN(c2ccc(Cl)cc2)CC1)c1ccccc1. The summed E-state index contributed by atoms with van der Waals surface area (Å²) in [5.74, 6) is -1.19. The smallest absolute Gasteiger partial charge is 0.309 e. The number of carbonyl (C=O) groups excluding carboxylic acids is 2. The van der Waals surface area contributed by atoms with Gasteiger partial charge in [0, 0.05) is 50.0 Å². The van der Waals surface area contributed by atoms with Gasteiger partial charge in [0.15, 0.2) is 0 Å². The molecule has 7 heteroatoms. The molecule has 1 saturated heterocycles. The van der Waals surface area contributed by atoms with Gasteiger partial charge >= 0.3 is 11.8 Å². The summed E-state index contributed by atoms with van der Waals surface area (Å²) in [6, 6.07) is 17.2. The van der Waals surface area contributed by atoms with Crippen molar-refractivity contribution in [1.29, 1.82) is 0 Å². The van der Waals surface area contributed by atoms with Crippen LogP contribution in [0.15, 0.2) is 54.6 Å². The molecular weight excluding hydrogens is 388 g/mol. The number of rotatable bonds is 6. The molecule has 1 heterocycles. The van der Waals surface area contributed by atoms with E-state index < -0.39 is 11.8 Å². The standard InChI is InChI=1S/C22H27ClN4O2/c1-17(18-5-3-2-4-6-18)25-22(29)21(28)24-11-12-26-13-15-27(16-14-26)20-9-7-19(23)8-10-20/h2-10,17H,11-16H2,1H3,(H,24,28)(H,25,29). The summed E-state index contributed by atoms with van der Waals surface area (Å²) in [7, 11) is 0. The zero-order chi connectivity index (χ0) is 20.6. The van der Waals surface area contributed by atoms with E-state index in [1.807, 2.05) is 61.5 Å². The Hall–Kier alpha value is -2.57. The highest BCUT2D eigenvalue weighted by atomic mass is 35.5. The third-order valence-electron chi connectivity index (χ3n) is 5.13. The van der Waals surface area contributed by atoms with Crippen LogP contribution in [0.3, 0.4) is 0 Å². The predicted octanol–water partition coefficient (Wildman–Crippen LogP) is 2.46. The lowest BCUT2D eigenvalue weighted by molar-refractivity contribution is -0.139. The second-order valence-corrected chi connectivity index (χ2v) is 7.60. The van der Waals surface area contributed by atoms with Crippen molar-refractivity contribution in [2.45, 2.75) is 13.0 Å². The lowest BCUT2D eigenvalue weighted by atomic mass is 10.1. The van der Waals surface area contributed by atoms with Crippen LogP contribution in [0.1, 0.15) is 18.5 Å². The Morgan fingerprint density at radius 1 is 0.966 bits per heavy atom. The molecule has 2 N–H and O–H groups in total. The number of carbonyl (C=O) groups is 2. The van der Waals surface area contributed by atoms with Gasteiger partial charge < -0.3 is 15.5 Å². The van der Waals surface area contributed by atoms with Crippen molar-refractivity contribution >= 4 is 29.1 Å². The first-order valence-electron chi connectivity index (χ1n) is 9.89. The highest BCUT2D eigenvalue weighted by Gasteiger charge is 2.19. The van der Waals surface area contributed by atoms with Crippen molar-refractivity contribution < 1.29 is 9.59 Å². The molecule has 0 saturated carbocycles. The second kappa shape index (κ2) is 10.3. The number of benzene rings is 2. The van der Waals surface area contributed by atoms with Gasteiger partial charge in [0.1, 0.15) is 0 Å². The average molecular weight is 415 g/mol. The van der Waals surface area contributed by atoms with Crippen molar-refractivity contribution in [3.05, 3.63) is 65.2 Å². The highest BCUT2D eigenvalue weighted by molar-refractivity contribution is 6.35. The lowest BCUT2D eigenvalue weighted by Gasteiger charge is -2.36. The van der Waals surface area contributed by atoms with Crippen molar-refractivity contribution in [3.63, 3.8) is 0 Å². The summed E-state index contributed by atoms with van der Waals surface area (Å²) in [4.78, 5) is 28.7. The third-order valence-corrected chi connectivity index (χ3v) is 5.38. The van der Waals surface area contributed by atoms with Gasteiger partial charge in [0.2, 0.25) is 0 Å². The van der Waals surface area contributed by atoms with Crippen LogP contribution >= 0.6 is 11.6 Å². The third kappa shape index (κ3) is 6.21. The van der Waals surface area contributed by atoms with Gasteiger partial charge in [-0.1, -0.05) is 41.9 Å². The van der Waals surface area contributed by atoms with E-state index in [-0.39, 0.29) is 6.04 Å². The number of hydrogen-bond donors (Lipinski definition) is 2. The van der Waals surface area contributed by atoms with Gasteiger partial charge in [-0.15, -0.1) is 0 Å². The fourth-order valence-electron chi connectivity index (χ4n) is 3.38. The molecule has 1 unspecified atom stereocenters. The van der Waals surface area contributed by atoms with Gasteiger partial charge in [-0.25, -0.2) is 0 Å². The Labute approximate surface area is 176 Å². The van der Waals surface area contributed by atoms with Gasteiger partial charge in [0.25, 0.3) is 0 Å². The minimum absolute atomic E-state index is 0.213. The van der Waals surface area contributed by atoms with Crippen LogP contribution in [-0.4, -0.2) is 56.0 Å². The van der Waals surface area contributed by atoms with Crippen LogP contribution in [0.25, 0.3) is 0 Å². The van der Waals surface area contributed by atoms with Crippen molar-refractivity contribution in [2.24, 2.45) is 0 Å². The molecule has 6 nitrogen and oxygen atoms in total. The maximum Gasteiger partial charge on any atom is 0.309 e. The molecule has 1 atom stereocenters. The lowest BCUT2D eigenvalue weighted by Crippen LogP contribution is -2.49. The number of halogens is 1. The van der Waals surface area contributed by atoms with Crippen molar-refractivity contribution in [2.75, 3.05) is 44.2 Å². The van der Waals surface area contributed by atoms with E-state index in [0.29, 0.717) is 6.54 Å². The first kappa shape index (κ1) is 21.1. The minimum atomic E-state index is -0.603. The topological polar surface area (TPSA) is 64.7 Å². The fraction of sp³-hybridized carbons (Fsp3) is 0.364. The molecule has 1 fully saturated rings. The fourth-order valence-corrected chi connectivity index (χ4v) is 3.50. The van der Waals surface area contributed by atoms with Crippen LogP contribution in [-0.2, 0) is 9.59 Å². The summed E-state index contributed by atoms with van der Waals surface area (Å²) < 4.78 is 0. The zero-order valence-corrected chi connectivity index (χ0v) is 17.4. The molecule has 3 rings (SSSR count). The first-order chi connectivity index (χ1) is 14.0. The Morgan fingerprint density at radius 3 is 2.28 bits per heavy atom. The summed E-state index contributed by atoms with van der Waals surface area (Å²) in [5.41, 5.74) is 2.14. The maximum atomic E-state index is 12.1. The molecule has 154 valence electrons. The zero-order valence-electron chi connectivity index (χ0n) is 16.6. The molecule has 1 aliphatic rings. The molecule has 2 aromatic carbocycles. The number of piperazine rings is 1. The maximum absolute atomic E-state index is 12.1. The Morgan fingerprint density at radius 2 is 1.62 bits per heavy atom. The van der Waals surface area contributed by atoms with Crippen LogP contribution in [0.2, 0.25) is 5.02 Å². The van der Waals surface area contributed by atoms with E-state index in [2.05, 4.69) is 20.4 Å². The van der Waals surface area contributed by atoms with Crippen LogP contribution in [0.4, 0.5) is 5.69 Å². The highest BCUT2D eigenvalue weighted by Crippen LogP contribution is 2.19. The Kier molecular flexibility index (Phi) is 7.49. The summed E-state index contributed by atoms with van der Waals surface area (Å²) in [6.45, 7) is 6.70. The van der Waals surface area contributed by atoms with Crippen molar-refractivity contribution in [1.82, 2.24) is 15.5 Å². The van der Waals surface area contributed by atoms with Crippen LogP contribution < -0.4 is 15.5 Å². The molecule has 0 spiro atoms. The summed E-state index contributed by atoms with van der Waals surface area (Å²) in [6.07, 6.45) is 0. The molecule has 29 heavy (non-hydrogen) atoms. The van der Waals surface area contributed by atoms with Gasteiger partial charge in [0.05, 0.1) is 6.04 Å². The predicted molar refractivity (Wildman–Crippen MR) is 116 cm³/mol. The van der Waals surface area contributed by atoms with Gasteiger partial charge in [-0.05, 0) is 36.8 Å². The number of nitrogens with one attached hydrogen (secondary N) is 2. The molecule has 0 aliphatic carbocycles. The van der Waals surface area contributed by atoms with E-state index in [1.165, 1.54) is 5.69 Å².